The summed E-state index contributed by atoms with van der Waals surface area (Å²) in [5.41, 5.74) is 4.64. The van der Waals surface area contributed by atoms with Gasteiger partial charge in [-0.2, -0.15) is 4.98 Å². The molecule has 0 aliphatic heterocycles. The second kappa shape index (κ2) is 11.7. The molecule has 32 heavy (non-hydrogen) atoms. The van der Waals surface area contributed by atoms with Gasteiger partial charge < -0.3 is 9.29 Å². The molecule has 2 aromatic carbocycles. The van der Waals surface area contributed by atoms with Gasteiger partial charge in [-0.05, 0) is 37.7 Å². The SMILES string of the molecule is Cc1c(OCCN(C)Cc2ccccc2)ccnc1C[S+]([O-])c1nc2ccccc2[nH]1.[MgH2]. The van der Waals surface area contributed by atoms with Gasteiger partial charge in [-0.1, -0.05) is 42.5 Å². The predicted molar refractivity (Wildman–Crippen MR) is 132 cm³/mol. The molecule has 0 radical (unpaired) electrons. The lowest BCUT2D eigenvalue weighted by Gasteiger charge is -2.18. The number of para-hydroxylation sites is 2. The highest BCUT2D eigenvalue weighted by atomic mass is 32.2. The van der Waals surface area contributed by atoms with E-state index >= 15 is 0 Å². The third-order valence-electron chi connectivity index (χ3n) is 5.14. The number of aromatic nitrogens is 3. The Morgan fingerprint density at radius 1 is 1.06 bits per heavy atom. The molecule has 0 aliphatic rings. The Labute approximate surface area is 207 Å². The second-order valence-electron chi connectivity index (χ2n) is 7.50. The molecular weight excluding hydrogens is 433 g/mol. The number of hydrogen-bond donors (Lipinski definition) is 1. The summed E-state index contributed by atoms with van der Waals surface area (Å²) < 4.78 is 18.9. The summed E-state index contributed by atoms with van der Waals surface area (Å²) in [4.78, 5) is 14.2. The zero-order valence-electron chi connectivity index (χ0n) is 17.7. The molecule has 6 nitrogen and oxygen atoms in total. The molecular formula is C24H28MgN4O2S. The number of benzene rings is 2. The molecule has 1 atom stereocenters. The Bertz CT molecular complexity index is 1110. The largest absolute Gasteiger partial charge is 0.609 e. The Balaban J connectivity index is 0.00000289. The van der Waals surface area contributed by atoms with Gasteiger partial charge in [0.2, 0.25) is 0 Å². The number of aromatic amines is 1. The first-order valence-corrected chi connectivity index (χ1v) is 11.5. The van der Waals surface area contributed by atoms with Crippen LogP contribution >= 0.6 is 0 Å². The van der Waals surface area contributed by atoms with E-state index in [0.29, 0.717) is 11.8 Å². The quantitative estimate of drug-likeness (QED) is 0.307. The van der Waals surface area contributed by atoms with E-state index < -0.39 is 11.2 Å². The number of imidazole rings is 1. The second-order valence-corrected chi connectivity index (χ2v) is 8.87. The van der Waals surface area contributed by atoms with Crippen molar-refractivity contribution in [2.75, 3.05) is 20.2 Å². The van der Waals surface area contributed by atoms with Crippen LogP contribution in [0, 0.1) is 6.92 Å². The zero-order chi connectivity index (χ0) is 21.6. The van der Waals surface area contributed by atoms with Crippen LogP contribution in [0.15, 0.2) is 72.0 Å². The van der Waals surface area contributed by atoms with E-state index in [2.05, 4.69) is 51.2 Å². The predicted octanol–water partition coefficient (Wildman–Crippen LogP) is 3.17. The Morgan fingerprint density at radius 3 is 2.59 bits per heavy atom. The molecule has 2 aromatic heterocycles. The maximum absolute atomic E-state index is 12.9. The number of likely N-dealkylation sites (N-methyl/N-ethyl adjacent to an activating group) is 1. The van der Waals surface area contributed by atoms with Crippen LogP contribution in [0.5, 0.6) is 5.75 Å². The van der Waals surface area contributed by atoms with Crippen LogP contribution in [0.1, 0.15) is 16.8 Å². The molecule has 0 saturated carbocycles. The molecule has 4 rings (SSSR count). The molecule has 0 fully saturated rings. The van der Waals surface area contributed by atoms with Gasteiger partial charge >= 0.3 is 28.2 Å². The van der Waals surface area contributed by atoms with Crippen molar-refractivity contribution in [2.24, 2.45) is 0 Å². The average Bonchev–Trinajstić information content (AvgIpc) is 3.21. The third-order valence-corrected chi connectivity index (χ3v) is 6.30. The number of nitrogens with one attached hydrogen (secondary N) is 1. The van der Waals surface area contributed by atoms with E-state index in [0.717, 1.165) is 41.1 Å². The Morgan fingerprint density at radius 2 is 1.81 bits per heavy atom. The molecule has 0 aliphatic carbocycles. The average molecular weight is 461 g/mol. The molecule has 0 amide bonds. The minimum Gasteiger partial charge on any atom is -0.609 e. The highest BCUT2D eigenvalue weighted by Gasteiger charge is 2.20. The number of hydrogen-bond acceptors (Lipinski definition) is 5. The fourth-order valence-corrected chi connectivity index (χ4v) is 4.48. The summed E-state index contributed by atoms with van der Waals surface area (Å²) in [5, 5.41) is 0.469. The summed E-state index contributed by atoms with van der Waals surface area (Å²) in [6.07, 6.45) is 1.71. The fourth-order valence-electron chi connectivity index (χ4n) is 3.38. The Hall–Kier alpha value is -2.10. The minimum atomic E-state index is -1.31. The first kappa shape index (κ1) is 24.5. The molecule has 0 spiro atoms. The van der Waals surface area contributed by atoms with Gasteiger partial charge in [0.1, 0.15) is 12.4 Å². The van der Waals surface area contributed by atoms with Crippen molar-refractivity contribution >= 4 is 45.3 Å². The number of ether oxygens (including phenoxy) is 1. The van der Waals surface area contributed by atoms with Crippen molar-refractivity contribution in [3.05, 3.63) is 83.7 Å². The molecule has 0 saturated heterocycles. The molecule has 164 valence electrons. The van der Waals surface area contributed by atoms with Crippen molar-refractivity contribution in [2.45, 2.75) is 24.4 Å². The van der Waals surface area contributed by atoms with Gasteiger partial charge in [0.25, 0.3) is 0 Å². The number of H-pyrrole nitrogens is 1. The summed E-state index contributed by atoms with van der Waals surface area (Å²) in [5.74, 6) is 1.07. The van der Waals surface area contributed by atoms with E-state index in [-0.39, 0.29) is 28.8 Å². The van der Waals surface area contributed by atoms with Crippen molar-refractivity contribution in [3.8, 4) is 5.75 Å². The maximum Gasteiger partial charge on any atom is 0.322 e. The normalized spacial score (nSPS) is 12.0. The standard InChI is InChI=1S/C24H26N4O2S.Mg.2H/c1-18-22(17-31(29)24-26-20-10-6-7-11-21(20)27-24)25-13-12-23(18)30-15-14-28(2)16-19-8-4-3-5-9-19;;;/h3-13H,14-17H2,1-2H3,(H,26,27);;;. The van der Waals surface area contributed by atoms with Crippen LogP contribution in [0.3, 0.4) is 0 Å². The van der Waals surface area contributed by atoms with Gasteiger partial charge in [-0.3, -0.25) is 14.9 Å². The van der Waals surface area contributed by atoms with Crippen molar-refractivity contribution < 1.29 is 9.29 Å². The first-order chi connectivity index (χ1) is 15.1. The van der Waals surface area contributed by atoms with Crippen molar-refractivity contribution in [1.29, 1.82) is 0 Å². The van der Waals surface area contributed by atoms with Gasteiger partial charge in [0.15, 0.2) is 5.75 Å². The monoisotopic (exact) mass is 460 g/mol. The molecule has 4 aromatic rings. The van der Waals surface area contributed by atoms with Gasteiger partial charge in [-0.15, -0.1) is 0 Å². The van der Waals surface area contributed by atoms with E-state index in [1.54, 1.807) is 6.20 Å². The zero-order valence-corrected chi connectivity index (χ0v) is 18.6. The lowest BCUT2D eigenvalue weighted by atomic mass is 10.2. The van der Waals surface area contributed by atoms with Gasteiger partial charge in [-0.25, -0.2) is 0 Å². The summed E-state index contributed by atoms with van der Waals surface area (Å²) in [7, 11) is 2.08. The highest BCUT2D eigenvalue weighted by molar-refractivity contribution is 7.90. The van der Waals surface area contributed by atoms with E-state index in [1.807, 2.05) is 43.3 Å². The molecule has 1 N–H and O–H groups in total. The number of nitrogens with zero attached hydrogens (tertiary/aromatic N) is 3. The van der Waals surface area contributed by atoms with Crippen LogP contribution in [-0.4, -0.2) is 67.7 Å². The van der Waals surface area contributed by atoms with Crippen LogP contribution in [0.2, 0.25) is 0 Å². The lowest BCUT2D eigenvalue weighted by Crippen LogP contribution is -2.24. The first-order valence-electron chi connectivity index (χ1n) is 10.2. The summed E-state index contributed by atoms with van der Waals surface area (Å²) >= 11 is -1.31. The van der Waals surface area contributed by atoms with Gasteiger partial charge in [0, 0.05) is 36.0 Å². The van der Waals surface area contributed by atoms with Crippen molar-refractivity contribution in [1.82, 2.24) is 19.9 Å². The molecule has 0 bridgehead atoms. The van der Waals surface area contributed by atoms with E-state index in [9.17, 15) is 4.55 Å². The number of pyridine rings is 1. The molecule has 2 heterocycles. The third kappa shape index (κ3) is 6.23. The molecule has 8 heteroatoms. The number of fused-ring (bicyclic) bond motifs is 1. The minimum absolute atomic E-state index is 0. The van der Waals surface area contributed by atoms with E-state index in [1.165, 1.54) is 5.56 Å². The van der Waals surface area contributed by atoms with E-state index in [4.69, 9.17) is 4.74 Å². The van der Waals surface area contributed by atoms with Crippen LogP contribution in [-0.2, 0) is 23.5 Å². The van der Waals surface area contributed by atoms with Crippen LogP contribution < -0.4 is 4.74 Å². The van der Waals surface area contributed by atoms with Gasteiger partial charge in [0.05, 0.1) is 16.7 Å². The summed E-state index contributed by atoms with van der Waals surface area (Å²) in [6.45, 7) is 4.21. The summed E-state index contributed by atoms with van der Waals surface area (Å²) in [6, 6.07) is 19.9. The van der Waals surface area contributed by atoms with Crippen LogP contribution in [0.4, 0.5) is 0 Å². The fraction of sp³-hybridized carbons (Fsp3) is 0.250. The topological polar surface area (TPSA) is 77.1 Å². The smallest absolute Gasteiger partial charge is 0.322 e. The maximum atomic E-state index is 12.9. The van der Waals surface area contributed by atoms with Crippen LogP contribution in [0.25, 0.3) is 11.0 Å². The Kier molecular flexibility index (Phi) is 8.95. The lowest BCUT2D eigenvalue weighted by molar-refractivity contribution is 0.231. The molecule has 1 unspecified atom stereocenters. The van der Waals surface area contributed by atoms with Crippen molar-refractivity contribution in [3.63, 3.8) is 0 Å². The highest BCUT2D eigenvalue weighted by Crippen LogP contribution is 2.24. The number of rotatable bonds is 9.